The zero-order valence-electron chi connectivity index (χ0n) is 16.9. The van der Waals surface area contributed by atoms with Crippen LogP contribution in [0.5, 0.6) is 5.75 Å². The minimum absolute atomic E-state index is 0.308. The summed E-state index contributed by atoms with van der Waals surface area (Å²) in [7, 11) is 2.11. The smallest absolute Gasteiger partial charge is 0.331 e. The van der Waals surface area contributed by atoms with Crippen LogP contribution in [0.25, 0.3) is 10.2 Å². The molecule has 1 fully saturated rings. The number of imide groups is 1. The van der Waals surface area contributed by atoms with E-state index in [1.165, 1.54) is 0 Å². The van der Waals surface area contributed by atoms with Gasteiger partial charge in [-0.15, -0.1) is 0 Å². The minimum atomic E-state index is -0.669. The summed E-state index contributed by atoms with van der Waals surface area (Å²) in [5.41, 5.74) is 1.46. The molecule has 0 radical (unpaired) electrons. The Morgan fingerprint density at radius 3 is 2.39 bits per heavy atom. The van der Waals surface area contributed by atoms with Gasteiger partial charge in [-0.05, 0) is 31.3 Å². The van der Waals surface area contributed by atoms with Gasteiger partial charge in [0.05, 0.1) is 21.3 Å². The highest BCUT2D eigenvalue weighted by molar-refractivity contribution is 7.22. The molecule has 0 atom stereocenters. The van der Waals surface area contributed by atoms with Gasteiger partial charge in [-0.25, -0.2) is 9.78 Å². The number of ether oxygens (including phenoxy) is 1. The fourth-order valence-electron chi connectivity index (χ4n) is 3.76. The molecule has 3 heterocycles. The van der Waals surface area contributed by atoms with E-state index >= 15 is 0 Å². The Balaban J connectivity index is 1.28. The Bertz CT molecular complexity index is 1160. The van der Waals surface area contributed by atoms with E-state index in [4.69, 9.17) is 9.72 Å². The van der Waals surface area contributed by atoms with Crippen LogP contribution >= 0.6 is 11.3 Å². The molecule has 1 saturated heterocycles. The number of rotatable bonds is 4. The zero-order valence-corrected chi connectivity index (χ0v) is 17.7. The summed E-state index contributed by atoms with van der Waals surface area (Å²) in [5, 5.41) is 0.956. The van der Waals surface area contributed by atoms with Crippen LogP contribution in [-0.2, 0) is 4.79 Å². The van der Waals surface area contributed by atoms with Crippen molar-refractivity contribution in [1.29, 1.82) is 0 Å². The summed E-state index contributed by atoms with van der Waals surface area (Å²) in [6, 6.07) is 11.8. The highest BCUT2D eigenvalue weighted by Gasteiger charge is 2.36. The highest BCUT2D eigenvalue weighted by Crippen LogP contribution is 2.32. The van der Waals surface area contributed by atoms with Gasteiger partial charge in [0.15, 0.2) is 5.13 Å². The molecule has 0 saturated carbocycles. The summed E-state index contributed by atoms with van der Waals surface area (Å²) in [5.74, 6) is -1.26. The third kappa shape index (κ3) is 3.66. The van der Waals surface area contributed by atoms with Gasteiger partial charge in [0.1, 0.15) is 12.3 Å². The molecule has 2 aliphatic heterocycles. The molecule has 0 spiro atoms. The second kappa shape index (κ2) is 7.75. The number of piperazine rings is 1. The molecule has 2 aliphatic rings. The number of benzene rings is 2. The van der Waals surface area contributed by atoms with Crippen molar-refractivity contribution in [3.63, 3.8) is 0 Å². The number of nitrogens with zero attached hydrogens (tertiary/aromatic N) is 4. The van der Waals surface area contributed by atoms with E-state index < -0.39 is 24.3 Å². The first-order valence-corrected chi connectivity index (χ1v) is 10.8. The van der Waals surface area contributed by atoms with Gasteiger partial charge in [-0.1, -0.05) is 23.5 Å². The largest absolute Gasteiger partial charge is 0.425 e. The number of likely N-dealkylation sites (N-methyl/N-ethyl adjacent to an activating group) is 1. The van der Waals surface area contributed by atoms with Crippen molar-refractivity contribution >= 4 is 44.5 Å². The topological polar surface area (TPSA) is 83.1 Å². The molecular weight excluding hydrogens is 416 g/mol. The molecule has 0 aliphatic carbocycles. The molecule has 5 rings (SSSR count). The zero-order chi connectivity index (χ0) is 21.5. The Kier molecular flexibility index (Phi) is 4.91. The summed E-state index contributed by atoms with van der Waals surface area (Å²) in [6.45, 7) is 3.42. The van der Waals surface area contributed by atoms with E-state index in [2.05, 4.69) is 16.8 Å². The van der Waals surface area contributed by atoms with Crippen molar-refractivity contribution < 1.29 is 19.1 Å². The first kappa shape index (κ1) is 19.7. The van der Waals surface area contributed by atoms with Gasteiger partial charge in [0.25, 0.3) is 11.8 Å². The molecule has 158 valence electrons. The maximum absolute atomic E-state index is 12.4. The van der Waals surface area contributed by atoms with Crippen molar-refractivity contribution in [2.75, 3.05) is 44.7 Å². The number of hydrogen-bond donors (Lipinski definition) is 0. The highest BCUT2D eigenvalue weighted by atomic mass is 32.1. The molecule has 8 nitrogen and oxygen atoms in total. The van der Waals surface area contributed by atoms with E-state index in [0.29, 0.717) is 16.9 Å². The lowest BCUT2D eigenvalue weighted by atomic mass is 10.1. The average molecular weight is 436 g/mol. The predicted molar refractivity (Wildman–Crippen MR) is 117 cm³/mol. The van der Waals surface area contributed by atoms with Crippen LogP contribution in [0, 0.1) is 0 Å². The SMILES string of the molecule is CN1CCN(c2nc3ccc(OC(=O)CN4C(=O)c5ccccc5C4=O)cc3s2)CC1. The van der Waals surface area contributed by atoms with Gasteiger partial charge in [-0.3, -0.25) is 14.5 Å². The molecule has 31 heavy (non-hydrogen) atoms. The normalized spacial score (nSPS) is 16.8. The van der Waals surface area contributed by atoms with E-state index in [1.807, 2.05) is 6.07 Å². The van der Waals surface area contributed by atoms with Crippen LogP contribution in [0.1, 0.15) is 20.7 Å². The lowest BCUT2D eigenvalue weighted by Crippen LogP contribution is -2.44. The number of anilines is 1. The van der Waals surface area contributed by atoms with Crippen LogP contribution in [0.2, 0.25) is 0 Å². The Hall–Kier alpha value is -3.30. The lowest BCUT2D eigenvalue weighted by molar-refractivity contribution is -0.134. The van der Waals surface area contributed by atoms with Gasteiger partial charge in [-0.2, -0.15) is 0 Å². The predicted octanol–water partition coefficient (Wildman–Crippen LogP) is 2.25. The Morgan fingerprint density at radius 2 is 1.71 bits per heavy atom. The molecule has 2 aromatic carbocycles. The molecule has 9 heteroatoms. The molecule has 0 N–H and O–H groups in total. The quantitative estimate of drug-likeness (QED) is 0.352. The van der Waals surface area contributed by atoms with Crippen molar-refractivity contribution in [1.82, 2.24) is 14.8 Å². The molecule has 2 amide bonds. The van der Waals surface area contributed by atoms with Gasteiger partial charge in [0.2, 0.25) is 0 Å². The average Bonchev–Trinajstić information content (AvgIpc) is 3.29. The second-order valence-electron chi connectivity index (χ2n) is 7.63. The minimum Gasteiger partial charge on any atom is -0.425 e. The van der Waals surface area contributed by atoms with Crippen LogP contribution in [0.4, 0.5) is 5.13 Å². The van der Waals surface area contributed by atoms with Crippen LogP contribution in [0.15, 0.2) is 42.5 Å². The molecule has 0 unspecified atom stereocenters. The first-order chi connectivity index (χ1) is 15.0. The van der Waals surface area contributed by atoms with Crippen LogP contribution in [-0.4, -0.2) is 72.3 Å². The van der Waals surface area contributed by atoms with E-state index in [0.717, 1.165) is 46.4 Å². The van der Waals surface area contributed by atoms with Crippen LogP contribution in [0.3, 0.4) is 0 Å². The fraction of sp³-hybridized carbons (Fsp3) is 0.273. The molecule has 3 aromatic rings. The Labute approximate surface area is 182 Å². The fourth-order valence-corrected chi connectivity index (χ4v) is 4.81. The van der Waals surface area contributed by atoms with E-state index in [1.54, 1.807) is 47.7 Å². The summed E-state index contributed by atoms with van der Waals surface area (Å²) in [6.07, 6.45) is 0. The maximum Gasteiger partial charge on any atom is 0.331 e. The molecule has 1 aromatic heterocycles. The third-order valence-corrected chi connectivity index (χ3v) is 6.60. The van der Waals surface area contributed by atoms with Gasteiger partial charge in [0, 0.05) is 32.2 Å². The van der Waals surface area contributed by atoms with Crippen molar-refractivity contribution in [2.45, 2.75) is 0 Å². The first-order valence-electron chi connectivity index (χ1n) is 9.99. The molecule has 0 bridgehead atoms. The van der Waals surface area contributed by atoms with Gasteiger partial charge < -0.3 is 14.5 Å². The van der Waals surface area contributed by atoms with E-state index in [-0.39, 0.29) is 0 Å². The lowest BCUT2D eigenvalue weighted by Gasteiger charge is -2.31. The third-order valence-electron chi connectivity index (χ3n) is 5.52. The molecular formula is C22H20N4O4S. The number of aromatic nitrogens is 1. The van der Waals surface area contributed by atoms with E-state index in [9.17, 15) is 14.4 Å². The van der Waals surface area contributed by atoms with Crippen molar-refractivity contribution in [3.05, 3.63) is 53.6 Å². The van der Waals surface area contributed by atoms with Crippen molar-refractivity contribution in [3.8, 4) is 5.75 Å². The summed E-state index contributed by atoms with van der Waals surface area (Å²) in [4.78, 5) is 47.5. The van der Waals surface area contributed by atoms with Gasteiger partial charge >= 0.3 is 5.97 Å². The standard InChI is InChI=1S/C22H20N4O4S/c1-24-8-10-25(11-9-24)22-23-17-7-6-14(12-18(17)31-22)30-19(27)13-26-20(28)15-4-2-3-5-16(15)21(26)29/h2-7,12H,8-11,13H2,1H3. The Morgan fingerprint density at radius 1 is 1.03 bits per heavy atom. The number of carbonyl (C=O) groups is 3. The number of thiazole rings is 1. The number of hydrogen-bond acceptors (Lipinski definition) is 8. The second-order valence-corrected chi connectivity index (χ2v) is 8.64. The number of amides is 2. The number of esters is 1. The maximum atomic E-state index is 12.4. The monoisotopic (exact) mass is 436 g/mol. The summed E-state index contributed by atoms with van der Waals surface area (Å²) >= 11 is 1.56. The van der Waals surface area contributed by atoms with Crippen LogP contribution < -0.4 is 9.64 Å². The number of carbonyl (C=O) groups excluding carboxylic acids is 3. The number of fused-ring (bicyclic) bond motifs is 2. The van der Waals surface area contributed by atoms with Crippen molar-refractivity contribution in [2.24, 2.45) is 0 Å². The summed E-state index contributed by atoms with van der Waals surface area (Å²) < 4.78 is 6.34.